The highest BCUT2D eigenvalue weighted by molar-refractivity contribution is 6.08. The number of hydrogen-bond donors (Lipinski definition) is 1. The number of rotatable bonds is 4. The van der Waals surface area contributed by atoms with Crippen LogP contribution in [0, 0.1) is 0 Å². The number of nitrogens with zero attached hydrogens (tertiary/aromatic N) is 1. The van der Waals surface area contributed by atoms with Crippen molar-refractivity contribution in [1.82, 2.24) is 0 Å². The predicted molar refractivity (Wildman–Crippen MR) is 69.9 cm³/mol. The average Bonchev–Trinajstić information content (AvgIpc) is 2.87. The number of carboxylic acids is 1. The van der Waals surface area contributed by atoms with Gasteiger partial charge < -0.3 is 14.4 Å². The van der Waals surface area contributed by atoms with Gasteiger partial charge in [0.1, 0.15) is 0 Å². The van der Waals surface area contributed by atoms with Crippen molar-refractivity contribution >= 4 is 17.4 Å². The van der Waals surface area contributed by atoms with Crippen LogP contribution in [0.4, 0.5) is 5.69 Å². The second kappa shape index (κ2) is 4.97. The molecule has 1 aromatic carbocycles. The van der Waals surface area contributed by atoms with Gasteiger partial charge in [-0.3, -0.25) is 4.79 Å². The lowest BCUT2D eigenvalue weighted by Crippen LogP contribution is -2.09. The number of furan rings is 1. The Morgan fingerprint density at radius 3 is 2.37 bits per heavy atom. The summed E-state index contributed by atoms with van der Waals surface area (Å²) in [5.74, 6) is -1.75. The molecule has 0 unspecified atom stereocenters. The van der Waals surface area contributed by atoms with Gasteiger partial charge in [0.25, 0.3) is 0 Å². The first-order valence-corrected chi connectivity index (χ1v) is 5.64. The van der Waals surface area contributed by atoms with Crippen LogP contribution in [0.5, 0.6) is 0 Å². The molecule has 0 atom stereocenters. The Labute approximate surface area is 110 Å². The number of ketones is 1. The summed E-state index contributed by atoms with van der Waals surface area (Å²) in [6, 6.07) is 9.67. The summed E-state index contributed by atoms with van der Waals surface area (Å²) < 4.78 is 5.00. The van der Waals surface area contributed by atoms with Gasteiger partial charge >= 0.3 is 5.97 Å². The summed E-state index contributed by atoms with van der Waals surface area (Å²) in [5.41, 5.74) is 1.34. The van der Waals surface area contributed by atoms with E-state index in [9.17, 15) is 9.59 Å². The van der Waals surface area contributed by atoms with Crippen LogP contribution in [-0.2, 0) is 0 Å². The lowest BCUT2D eigenvalue weighted by molar-refractivity contribution is 0.0660. The molecule has 0 radical (unpaired) electrons. The van der Waals surface area contributed by atoms with Gasteiger partial charge in [-0.15, -0.1) is 0 Å². The van der Waals surface area contributed by atoms with Gasteiger partial charge in [-0.1, -0.05) is 12.1 Å². The van der Waals surface area contributed by atoms with E-state index in [1.165, 1.54) is 12.1 Å². The first-order valence-electron chi connectivity index (χ1n) is 5.64. The molecule has 5 heteroatoms. The number of carboxylic acid groups (broad SMARTS) is 1. The van der Waals surface area contributed by atoms with Gasteiger partial charge in [-0.25, -0.2) is 4.79 Å². The molecule has 19 heavy (non-hydrogen) atoms. The first kappa shape index (κ1) is 12.9. The van der Waals surface area contributed by atoms with Crippen LogP contribution in [0.1, 0.15) is 26.7 Å². The Kier molecular flexibility index (Phi) is 3.37. The SMILES string of the molecule is CN(C)c1cccc(C(=O)c2ccc(C(=O)O)o2)c1. The lowest BCUT2D eigenvalue weighted by atomic mass is 10.1. The van der Waals surface area contributed by atoms with Gasteiger partial charge in [-0.05, 0) is 24.3 Å². The molecule has 0 aliphatic rings. The minimum Gasteiger partial charge on any atom is -0.475 e. The fraction of sp³-hybridized carbons (Fsp3) is 0.143. The predicted octanol–water partition coefficient (Wildman–Crippen LogP) is 2.27. The molecule has 1 heterocycles. The fourth-order valence-corrected chi connectivity index (χ4v) is 1.64. The fourth-order valence-electron chi connectivity index (χ4n) is 1.64. The number of aromatic carboxylic acids is 1. The molecule has 0 saturated carbocycles. The van der Waals surface area contributed by atoms with Crippen molar-refractivity contribution in [2.75, 3.05) is 19.0 Å². The normalized spacial score (nSPS) is 10.2. The molecule has 98 valence electrons. The molecular formula is C14H13NO4. The van der Waals surface area contributed by atoms with Crippen molar-refractivity contribution in [3.63, 3.8) is 0 Å². The van der Waals surface area contributed by atoms with Crippen molar-refractivity contribution in [3.05, 3.63) is 53.5 Å². The molecule has 0 saturated heterocycles. The van der Waals surface area contributed by atoms with Crippen molar-refractivity contribution < 1.29 is 19.1 Å². The minimum absolute atomic E-state index is 0.0216. The van der Waals surface area contributed by atoms with E-state index in [-0.39, 0.29) is 17.3 Å². The number of anilines is 1. The smallest absolute Gasteiger partial charge is 0.371 e. The van der Waals surface area contributed by atoms with Crippen molar-refractivity contribution in [3.8, 4) is 0 Å². The summed E-state index contributed by atoms with van der Waals surface area (Å²) >= 11 is 0. The summed E-state index contributed by atoms with van der Waals surface area (Å²) in [7, 11) is 3.75. The molecular weight excluding hydrogens is 246 g/mol. The zero-order valence-electron chi connectivity index (χ0n) is 10.6. The Hall–Kier alpha value is -2.56. The van der Waals surface area contributed by atoms with Crippen LogP contribution in [0.2, 0.25) is 0 Å². The highest BCUT2D eigenvalue weighted by atomic mass is 16.4. The summed E-state index contributed by atoms with van der Waals surface area (Å²) in [6.45, 7) is 0. The third-order valence-electron chi connectivity index (χ3n) is 2.67. The van der Waals surface area contributed by atoms with Crippen LogP contribution >= 0.6 is 0 Å². The molecule has 2 rings (SSSR count). The number of carbonyl (C=O) groups excluding carboxylic acids is 1. The highest BCUT2D eigenvalue weighted by Crippen LogP contribution is 2.18. The van der Waals surface area contributed by atoms with E-state index in [1.807, 2.05) is 25.1 Å². The molecule has 0 amide bonds. The molecule has 0 bridgehead atoms. The van der Waals surface area contributed by atoms with Crippen molar-refractivity contribution in [2.24, 2.45) is 0 Å². The zero-order valence-corrected chi connectivity index (χ0v) is 10.6. The second-order valence-electron chi connectivity index (χ2n) is 4.24. The number of carbonyl (C=O) groups is 2. The van der Waals surface area contributed by atoms with Crippen molar-refractivity contribution in [1.29, 1.82) is 0 Å². The number of hydrogen-bond acceptors (Lipinski definition) is 4. The van der Waals surface area contributed by atoms with E-state index in [0.717, 1.165) is 5.69 Å². The Morgan fingerprint density at radius 2 is 1.79 bits per heavy atom. The van der Waals surface area contributed by atoms with E-state index in [4.69, 9.17) is 9.52 Å². The molecule has 1 N–H and O–H groups in total. The van der Waals surface area contributed by atoms with Crippen LogP contribution < -0.4 is 4.90 Å². The number of benzene rings is 1. The van der Waals surface area contributed by atoms with E-state index in [0.29, 0.717) is 5.56 Å². The van der Waals surface area contributed by atoms with E-state index >= 15 is 0 Å². The summed E-state index contributed by atoms with van der Waals surface area (Å²) in [4.78, 5) is 24.7. The molecule has 0 fully saturated rings. The monoisotopic (exact) mass is 259 g/mol. The van der Waals surface area contributed by atoms with Gasteiger partial charge in [0.05, 0.1) is 0 Å². The van der Waals surface area contributed by atoms with Crippen LogP contribution in [0.15, 0.2) is 40.8 Å². The maximum Gasteiger partial charge on any atom is 0.371 e. The molecule has 5 nitrogen and oxygen atoms in total. The standard InChI is InChI=1S/C14H13NO4/c1-15(2)10-5-3-4-9(8-10)13(16)11-6-7-12(19-11)14(17)18/h3-8H,1-2H3,(H,17,18). The van der Waals surface area contributed by atoms with Gasteiger partial charge in [0.15, 0.2) is 5.76 Å². The topological polar surface area (TPSA) is 70.8 Å². The minimum atomic E-state index is -1.19. The van der Waals surface area contributed by atoms with Gasteiger partial charge in [-0.2, -0.15) is 0 Å². The first-order chi connectivity index (χ1) is 8.99. The van der Waals surface area contributed by atoms with E-state index in [1.54, 1.807) is 18.2 Å². The Balaban J connectivity index is 2.32. The van der Waals surface area contributed by atoms with Gasteiger partial charge in [0.2, 0.25) is 11.5 Å². The van der Waals surface area contributed by atoms with Crippen LogP contribution in [0.3, 0.4) is 0 Å². The largest absolute Gasteiger partial charge is 0.475 e. The van der Waals surface area contributed by atoms with Crippen LogP contribution in [0.25, 0.3) is 0 Å². The highest BCUT2D eigenvalue weighted by Gasteiger charge is 2.16. The lowest BCUT2D eigenvalue weighted by Gasteiger charge is -2.12. The quantitative estimate of drug-likeness (QED) is 0.853. The maximum absolute atomic E-state index is 12.2. The molecule has 2 aromatic rings. The Morgan fingerprint density at radius 1 is 1.11 bits per heavy atom. The molecule has 1 aromatic heterocycles. The zero-order chi connectivity index (χ0) is 14.0. The summed E-state index contributed by atoms with van der Waals surface area (Å²) in [6.07, 6.45) is 0. The maximum atomic E-state index is 12.2. The van der Waals surface area contributed by atoms with E-state index in [2.05, 4.69) is 0 Å². The average molecular weight is 259 g/mol. The molecule has 0 aliphatic carbocycles. The third kappa shape index (κ3) is 2.65. The molecule has 0 spiro atoms. The Bertz CT molecular complexity index is 628. The van der Waals surface area contributed by atoms with E-state index < -0.39 is 5.97 Å². The van der Waals surface area contributed by atoms with Crippen LogP contribution in [-0.4, -0.2) is 31.0 Å². The second-order valence-corrected chi connectivity index (χ2v) is 4.24. The summed E-state index contributed by atoms with van der Waals surface area (Å²) in [5, 5.41) is 8.76. The third-order valence-corrected chi connectivity index (χ3v) is 2.67. The van der Waals surface area contributed by atoms with Crippen molar-refractivity contribution in [2.45, 2.75) is 0 Å². The van der Waals surface area contributed by atoms with Gasteiger partial charge in [0, 0.05) is 25.3 Å². The molecule has 0 aliphatic heterocycles.